The Morgan fingerprint density at radius 3 is 2.78 bits per heavy atom. The topological polar surface area (TPSA) is 84.2 Å². The van der Waals surface area contributed by atoms with Gasteiger partial charge in [-0.1, -0.05) is 29.3 Å². The maximum absolute atomic E-state index is 12.6. The number of primary amides is 1. The molecule has 1 fully saturated rings. The van der Waals surface area contributed by atoms with Crippen LogP contribution in [0.1, 0.15) is 18.4 Å². The van der Waals surface area contributed by atoms with Crippen LogP contribution in [0.25, 0.3) is 0 Å². The van der Waals surface area contributed by atoms with Crippen LogP contribution >= 0.6 is 35.0 Å². The van der Waals surface area contributed by atoms with Gasteiger partial charge in [0.15, 0.2) is 5.78 Å². The number of nitrogens with one attached hydrogen (secondary N) is 2. The van der Waals surface area contributed by atoms with Crippen molar-refractivity contribution in [2.45, 2.75) is 30.8 Å². The molecule has 1 aliphatic rings. The number of amides is 1. The van der Waals surface area contributed by atoms with E-state index in [9.17, 15) is 9.59 Å². The Morgan fingerprint density at radius 1 is 1.39 bits per heavy atom. The molecule has 0 saturated carbocycles. The average Bonchev–Trinajstić information content (AvgIpc) is 3.04. The van der Waals surface area contributed by atoms with E-state index in [0.29, 0.717) is 23.0 Å². The number of carbonyl (C=O) groups excluding carboxylic acids is 2. The number of thioether (sulfide) groups is 1. The Bertz CT molecular complexity index is 580. The molecule has 2 atom stereocenters. The molecule has 5 nitrogen and oxygen atoms in total. The first-order valence-electron chi connectivity index (χ1n) is 7.31. The van der Waals surface area contributed by atoms with Crippen molar-refractivity contribution in [3.63, 3.8) is 0 Å². The van der Waals surface area contributed by atoms with Gasteiger partial charge in [0.25, 0.3) is 0 Å². The number of hydrogen-bond acceptors (Lipinski definition) is 5. The number of carbonyl (C=O) groups is 2. The fourth-order valence-electron chi connectivity index (χ4n) is 2.31. The Morgan fingerprint density at radius 2 is 2.17 bits per heavy atom. The van der Waals surface area contributed by atoms with Crippen LogP contribution in [0.4, 0.5) is 0 Å². The summed E-state index contributed by atoms with van der Waals surface area (Å²) in [4.78, 5) is 23.6. The summed E-state index contributed by atoms with van der Waals surface area (Å²) in [6.07, 6.45) is 0.552. The van der Waals surface area contributed by atoms with Gasteiger partial charge in [0.1, 0.15) is 5.37 Å². The summed E-state index contributed by atoms with van der Waals surface area (Å²) >= 11 is 13.5. The van der Waals surface area contributed by atoms with Gasteiger partial charge in [-0.2, -0.15) is 0 Å². The minimum atomic E-state index is -0.431. The molecule has 8 heteroatoms. The van der Waals surface area contributed by atoms with Crippen molar-refractivity contribution in [3.8, 4) is 0 Å². The molecular formula is C15H19Cl2N3O2S. The van der Waals surface area contributed by atoms with E-state index in [1.54, 1.807) is 23.9 Å². The van der Waals surface area contributed by atoms with E-state index in [1.807, 2.05) is 6.07 Å². The molecule has 0 radical (unpaired) electrons. The first-order chi connectivity index (χ1) is 11.0. The van der Waals surface area contributed by atoms with E-state index in [4.69, 9.17) is 28.9 Å². The van der Waals surface area contributed by atoms with E-state index in [-0.39, 0.29) is 17.6 Å². The zero-order valence-corrected chi connectivity index (χ0v) is 14.8. The third kappa shape index (κ3) is 5.65. The fourth-order valence-corrected chi connectivity index (χ4v) is 3.67. The third-order valence-electron chi connectivity index (χ3n) is 3.53. The van der Waals surface area contributed by atoms with Gasteiger partial charge in [-0.25, -0.2) is 0 Å². The normalized spacial score (nSPS) is 18.8. The van der Waals surface area contributed by atoms with Crippen molar-refractivity contribution < 1.29 is 9.59 Å². The minimum Gasteiger partial charge on any atom is -0.370 e. The van der Waals surface area contributed by atoms with Gasteiger partial charge in [0, 0.05) is 25.3 Å². The third-order valence-corrected chi connectivity index (χ3v) is 5.45. The van der Waals surface area contributed by atoms with Crippen molar-refractivity contribution in [2.75, 3.05) is 12.3 Å². The molecule has 1 aromatic rings. The number of ketones is 1. The number of hydrogen-bond donors (Lipinski definition) is 3. The molecule has 126 valence electrons. The number of nitrogens with two attached hydrogens (primary N) is 1. The highest BCUT2D eigenvalue weighted by molar-refractivity contribution is 8.00. The largest absolute Gasteiger partial charge is 0.370 e. The smallest absolute Gasteiger partial charge is 0.217 e. The maximum atomic E-state index is 12.6. The molecule has 0 bridgehead atoms. The monoisotopic (exact) mass is 375 g/mol. The Balaban J connectivity index is 1.99. The van der Waals surface area contributed by atoms with Crippen LogP contribution in [0.15, 0.2) is 18.2 Å². The van der Waals surface area contributed by atoms with Crippen molar-refractivity contribution in [2.24, 2.45) is 5.73 Å². The van der Waals surface area contributed by atoms with Gasteiger partial charge in [-0.05, 0) is 24.1 Å². The lowest BCUT2D eigenvalue weighted by molar-refractivity contribution is -0.121. The van der Waals surface area contributed by atoms with Crippen LogP contribution < -0.4 is 16.4 Å². The molecule has 2 rings (SSSR count). The van der Waals surface area contributed by atoms with Crippen molar-refractivity contribution in [1.29, 1.82) is 0 Å². The van der Waals surface area contributed by atoms with Crippen LogP contribution in [-0.4, -0.2) is 35.4 Å². The molecule has 1 amide bonds. The lowest BCUT2D eigenvalue weighted by Crippen LogP contribution is -2.45. The van der Waals surface area contributed by atoms with E-state index >= 15 is 0 Å². The van der Waals surface area contributed by atoms with Crippen molar-refractivity contribution in [3.05, 3.63) is 33.8 Å². The molecule has 0 spiro atoms. The van der Waals surface area contributed by atoms with E-state index < -0.39 is 11.9 Å². The second-order valence-corrected chi connectivity index (χ2v) is 7.32. The van der Waals surface area contributed by atoms with Gasteiger partial charge >= 0.3 is 0 Å². The van der Waals surface area contributed by atoms with Gasteiger partial charge in [0.2, 0.25) is 5.91 Å². The summed E-state index contributed by atoms with van der Waals surface area (Å²) in [6, 6.07) is 4.89. The summed E-state index contributed by atoms with van der Waals surface area (Å²) in [5.41, 5.74) is 6.13. The van der Waals surface area contributed by atoms with Crippen LogP contribution in [0.2, 0.25) is 10.0 Å². The molecule has 1 aliphatic heterocycles. The number of halogens is 2. The Hall–Kier alpha value is -0.790. The molecule has 1 aromatic carbocycles. The molecule has 23 heavy (non-hydrogen) atoms. The second kappa shape index (κ2) is 8.89. The van der Waals surface area contributed by atoms with Gasteiger partial charge in [-0.15, -0.1) is 11.8 Å². The molecule has 1 saturated heterocycles. The fraction of sp³-hybridized carbons (Fsp3) is 0.467. The highest BCUT2D eigenvalue weighted by Gasteiger charge is 2.29. The van der Waals surface area contributed by atoms with Crippen molar-refractivity contribution in [1.82, 2.24) is 10.6 Å². The van der Waals surface area contributed by atoms with E-state index in [2.05, 4.69) is 10.6 Å². The van der Waals surface area contributed by atoms with Crippen LogP contribution in [0.5, 0.6) is 0 Å². The first-order valence-corrected chi connectivity index (χ1v) is 9.12. The number of benzene rings is 1. The summed E-state index contributed by atoms with van der Waals surface area (Å²) in [6.45, 7) is 1.28. The summed E-state index contributed by atoms with van der Waals surface area (Å²) in [5.74, 6) is 0.547. The predicted molar refractivity (Wildman–Crippen MR) is 94.8 cm³/mol. The Labute approximate surface area is 149 Å². The van der Waals surface area contributed by atoms with Crippen LogP contribution in [0, 0.1) is 0 Å². The quantitative estimate of drug-likeness (QED) is 0.646. The number of Topliss-reactive ketones (excluding diaryl/α,β-unsaturated/α-hetero) is 1. The molecular weight excluding hydrogens is 357 g/mol. The molecule has 0 aromatic heterocycles. The first kappa shape index (κ1) is 18.5. The van der Waals surface area contributed by atoms with E-state index in [0.717, 1.165) is 17.9 Å². The van der Waals surface area contributed by atoms with Crippen molar-refractivity contribution >= 4 is 46.7 Å². The minimum absolute atomic E-state index is 0.0498. The molecule has 1 unspecified atom stereocenters. The predicted octanol–water partition coefficient (Wildman–Crippen LogP) is 1.95. The van der Waals surface area contributed by atoms with Gasteiger partial charge in [-0.3, -0.25) is 14.9 Å². The average molecular weight is 376 g/mol. The lowest BCUT2D eigenvalue weighted by Gasteiger charge is -2.20. The molecule has 4 N–H and O–H groups in total. The zero-order chi connectivity index (χ0) is 16.8. The summed E-state index contributed by atoms with van der Waals surface area (Å²) in [7, 11) is 0. The SMILES string of the molecule is NC(=O)CC[C@H](NCc1ccc(Cl)c(Cl)c1)C(=O)C1NCCS1. The van der Waals surface area contributed by atoms with Crippen LogP contribution in [-0.2, 0) is 16.1 Å². The summed E-state index contributed by atoms with van der Waals surface area (Å²) in [5, 5.41) is 7.09. The molecule has 1 heterocycles. The van der Waals surface area contributed by atoms with E-state index in [1.165, 1.54) is 0 Å². The van der Waals surface area contributed by atoms with Gasteiger partial charge in [0.05, 0.1) is 16.1 Å². The zero-order valence-electron chi connectivity index (χ0n) is 12.5. The highest BCUT2D eigenvalue weighted by atomic mass is 35.5. The van der Waals surface area contributed by atoms with Crippen LogP contribution in [0.3, 0.4) is 0 Å². The maximum Gasteiger partial charge on any atom is 0.217 e. The standard InChI is InChI=1S/C15H19Cl2N3O2S/c16-10-2-1-9(7-11(10)17)8-20-12(3-4-13(18)21)14(22)15-19-5-6-23-15/h1-2,7,12,15,19-20H,3-6,8H2,(H2,18,21)/t12-,15?/m0/s1. The number of rotatable bonds is 8. The second-order valence-electron chi connectivity index (χ2n) is 5.29. The Kier molecular flexibility index (Phi) is 7.17. The molecule has 0 aliphatic carbocycles. The van der Waals surface area contributed by atoms with Gasteiger partial charge < -0.3 is 11.1 Å². The highest BCUT2D eigenvalue weighted by Crippen LogP contribution is 2.23. The summed E-state index contributed by atoms with van der Waals surface area (Å²) < 4.78 is 0. The lowest BCUT2D eigenvalue weighted by atomic mass is 10.1.